The molecule has 7 nitrogen and oxygen atoms in total. The minimum Gasteiger partial charge on any atom is -0.335 e. The minimum atomic E-state index is -4.03. The van der Waals surface area contributed by atoms with E-state index in [1.165, 1.54) is 0 Å². The van der Waals surface area contributed by atoms with Gasteiger partial charge in [-0.3, -0.25) is 9.59 Å². The van der Waals surface area contributed by atoms with Crippen molar-refractivity contribution in [3.63, 3.8) is 0 Å². The van der Waals surface area contributed by atoms with E-state index in [1.54, 1.807) is 18.7 Å². The van der Waals surface area contributed by atoms with Crippen LogP contribution in [0.1, 0.15) is 35.5 Å². The third-order valence-corrected chi connectivity index (χ3v) is 7.55. The largest absolute Gasteiger partial charge is 0.335 e. The quantitative estimate of drug-likeness (QED) is 0.819. The Labute approximate surface area is 162 Å². The van der Waals surface area contributed by atoms with Crippen molar-refractivity contribution in [2.75, 3.05) is 6.54 Å². The number of nitrogens with zero attached hydrogens (tertiary/aromatic N) is 2. The molecule has 1 aromatic heterocycles. The Hall–Kier alpha value is -2.26. The van der Waals surface area contributed by atoms with Crippen LogP contribution < -0.4 is 4.72 Å². The van der Waals surface area contributed by atoms with Gasteiger partial charge in [0.15, 0.2) is 0 Å². The van der Waals surface area contributed by atoms with Crippen LogP contribution in [0.5, 0.6) is 0 Å². The molecule has 1 aliphatic heterocycles. The van der Waals surface area contributed by atoms with Crippen molar-refractivity contribution in [3.8, 4) is 0 Å². The number of rotatable bonds is 5. The number of aromatic nitrogens is 1. The zero-order chi connectivity index (χ0) is 19.8. The van der Waals surface area contributed by atoms with Gasteiger partial charge in [-0.05, 0) is 26.3 Å². The predicted octanol–water partition coefficient (Wildman–Crippen LogP) is 2.17. The molecule has 9 heteroatoms. The van der Waals surface area contributed by atoms with E-state index < -0.39 is 21.8 Å². The molecule has 0 bridgehead atoms. The molecule has 2 atom stereocenters. The van der Waals surface area contributed by atoms with Gasteiger partial charge in [-0.1, -0.05) is 30.3 Å². The number of benzene rings is 1. The molecule has 27 heavy (non-hydrogen) atoms. The van der Waals surface area contributed by atoms with E-state index in [-0.39, 0.29) is 29.3 Å². The van der Waals surface area contributed by atoms with Crippen molar-refractivity contribution in [1.29, 1.82) is 0 Å². The summed E-state index contributed by atoms with van der Waals surface area (Å²) in [7, 11) is -4.03. The van der Waals surface area contributed by atoms with Crippen LogP contribution in [0.15, 0.2) is 34.7 Å². The van der Waals surface area contributed by atoms with E-state index >= 15 is 0 Å². The molecule has 0 spiro atoms. The van der Waals surface area contributed by atoms with Gasteiger partial charge in [0.25, 0.3) is 10.0 Å². The fraction of sp³-hybridized carbons (Fsp3) is 0.389. The molecule has 2 heterocycles. The Balaban J connectivity index is 1.70. The molecule has 0 saturated carbocycles. The summed E-state index contributed by atoms with van der Waals surface area (Å²) in [6, 6.07) is 9.33. The van der Waals surface area contributed by atoms with E-state index in [1.807, 2.05) is 37.3 Å². The van der Waals surface area contributed by atoms with Gasteiger partial charge in [0.2, 0.25) is 16.2 Å². The van der Waals surface area contributed by atoms with Crippen molar-refractivity contribution in [2.45, 2.75) is 37.6 Å². The summed E-state index contributed by atoms with van der Waals surface area (Å²) in [5.74, 6) is -1.54. The van der Waals surface area contributed by atoms with Gasteiger partial charge in [0.1, 0.15) is 0 Å². The second kappa shape index (κ2) is 7.40. The second-order valence-electron chi connectivity index (χ2n) is 6.62. The highest BCUT2D eigenvalue weighted by Gasteiger charge is 2.38. The third-order valence-electron chi connectivity index (χ3n) is 4.75. The van der Waals surface area contributed by atoms with Gasteiger partial charge < -0.3 is 4.90 Å². The zero-order valence-corrected chi connectivity index (χ0v) is 16.9. The second-order valence-corrected chi connectivity index (χ2v) is 9.68. The number of sulfonamides is 1. The average molecular weight is 408 g/mol. The van der Waals surface area contributed by atoms with Crippen LogP contribution in [0.4, 0.5) is 0 Å². The number of nitrogens with one attached hydrogen (secondary N) is 1. The summed E-state index contributed by atoms with van der Waals surface area (Å²) >= 11 is 1.02. The van der Waals surface area contributed by atoms with Crippen LogP contribution in [0.3, 0.4) is 0 Å². The van der Waals surface area contributed by atoms with Crippen molar-refractivity contribution < 1.29 is 18.0 Å². The van der Waals surface area contributed by atoms with E-state index in [2.05, 4.69) is 9.71 Å². The number of thiazole rings is 1. The van der Waals surface area contributed by atoms with E-state index in [0.717, 1.165) is 21.8 Å². The molecule has 144 valence electrons. The first-order valence-corrected chi connectivity index (χ1v) is 10.8. The monoisotopic (exact) mass is 407 g/mol. The van der Waals surface area contributed by atoms with Gasteiger partial charge in [0.05, 0.1) is 17.7 Å². The van der Waals surface area contributed by atoms with E-state index in [9.17, 15) is 18.0 Å². The van der Waals surface area contributed by atoms with Crippen molar-refractivity contribution in [2.24, 2.45) is 5.92 Å². The van der Waals surface area contributed by atoms with Crippen LogP contribution in [0.25, 0.3) is 0 Å². The Morgan fingerprint density at radius 3 is 2.56 bits per heavy atom. The van der Waals surface area contributed by atoms with Crippen molar-refractivity contribution in [1.82, 2.24) is 14.6 Å². The number of likely N-dealkylation sites (tertiary alicyclic amines) is 1. The number of carbonyl (C=O) groups is 2. The molecule has 0 aliphatic carbocycles. The van der Waals surface area contributed by atoms with Crippen molar-refractivity contribution >= 4 is 33.2 Å². The summed E-state index contributed by atoms with van der Waals surface area (Å²) in [4.78, 5) is 31.2. The van der Waals surface area contributed by atoms with Gasteiger partial charge in [-0.25, -0.2) is 9.71 Å². The summed E-state index contributed by atoms with van der Waals surface area (Å²) in [6.45, 7) is 5.56. The first-order valence-electron chi connectivity index (χ1n) is 8.54. The maximum Gasteiger partial charge on any atom is 0.291 e. The number of hydrogen-bond acceptors (Lipinski definition) is 6. The first kappa shape index (κ1) is 19.5. The third kappa shape index (κ3) is 4.03. The Morgan fingerprint density at radius 1 is 1.30 bits per heavy atom. The normalized spacial score (nSPS) is 18.6. The van der Waals surface area contributed by atoms with Crippen LogP contribution in [0.2, 0.25) is 0 Å². The molecule has 1 aromatic carbocycles. The summed E-state index contributed by atoms with van der Waals surface area (Å²) in [5.41, 5.74) is 1.58. The summed E-state index contributed by atoms with van der Waals surface area (Å²) in [5, 5.41) is 0. The Kier molecular flexibility index (Phi) is 5.34. The molecule has 1 N–H and O–H groups in total. The lowest BCUT2D eigenvalue weighted by molar-refractivity contribution is -0.130. The molecule has 1 aliphatic rings. The van der Waals surface area contributed by atoms with Crippen LogP contribution in [0, 0.1) is 19.8 Å². The Bertz CT molecular complexity index is 950. The number of amides is 2. The van der Waals surface area contributed by atoms with Gasteiger partial charge in [-0.15, -0.1) is 11.3 Å². The number of carbonyl (C=O) groups excluding carboxylic acids is 2. The fourth-order valence-electron chi connectivity index (χ4n) is 3.01. The smallest absolute Gasteiger partial charge is 0.291 e. The van der Waals surface area contributed by atoms with E-state index in [4.69, 9.17) is 0 Å². The van der Waals surface area contributed by atoms with Crippen LogP contribution >= 0.6 is 11.3 Å². The van der Waals surface area contributed by atoms with Gasteiger partial charge >= 0.3 is 0 Å². The fourth-order valence-corrected chi connectivity index (χ4v) is 5.36. The lowest BCUT2D eigenvalue weighted by Gasteiger charge is -2.25. The molecular weight excluding hydrogens is 386 g/mol. The molecule has 1 fully saturated rings. The summed E-state index contributed by atoms with van der Waals surface area (Å²) in [6.07, 6.45) is -0.00550. The van der Waals surface area contributed by atoms with E-state index in [0.29, 0.717) is 5.69 Å². The Morgan fingerprint density at radius 2 is 1.96 bits per heavy atom. The number of aryl methyl sites for hydroxylation is 2. The molecular formula is C18H21N3O4S2. The molecule has 2 amide bonds. The summed E-state index contributed by atoms with van der Waals surface area (Å²) < 4.78 is 26.7. The maximum absolute atomic E-state index is 12.5. The molecule has 1 saturated heterocycles. The van der Waals surface area contributed by atoms with Crippen LogP contribution in [-0.4, -0.2) is 36.7 Å². The molecule has 2 aromatic rings. The van der Waals surface area contributed by atoms with Crippen molar-refractivity contribution in [3.05, 3.63) is 46.5 Å². The highest BCUT2D eigenvalue weighted by Crippen LogP contribution is 2.29. The number of hydrogen-bond donors (Lipinski definition) is 1. The highest BCUT2D eigenvalue weighted by molar-refractivity contribution is 7.92. The SMILES string of the molecule is Cc1nc(S(=O)(=O)NC(=O)C2CC(=O)N(C(C)c3ccccc3)C2)sc1C. The van der Waals surface area contributed by atoms with Crippen LogP contribution in [-0.2, 0) is 19.6 Å². The minimum absolute atomic E-state index is 0.00550. The first-order chi connectivity index (χ1) is 12.7. The zero-order valence-electron chi connectivity index (χ0n) is 15.3. The molecule has 0 radical (unpaired) electrons. The lowest BCUT2D eigenvalue weighted by atomic mass is 10.1. The lowest BCUT2D eigenvalue weighted by Crippen LogP contribution is -2.37. The average Bonchev–Trinajstić information content (AvgIpc) is 3.18. The molecule has 2 unspecified atom stereocenters. The molecule has 3 rings (SSSR count). The topological polar surface area (TPSA) is 96.4 Å². The highest BCUT2D eigenvalue weighted by atomic mass is 32.2. The maximum atomic E-state index is 12.5. The standard InChI is InChI=1S/C18H21N3O4S2/c1-11-13(3)26-18(19-11)27(24,25)20-17(23)15-9-16(22)21(10-15)12(2)14-7-5-4-6-8-14/h4-8,12,15H,9-10H2,1-3H3,(H,20,23). The van der Waals surface area contributed by atoms with Gasteiger partial charge in [0, 0.05) is 17.8 Å². The predicted molar refractivity (Wildman–Crippen MR) is 102 cm³/mol. The van der Waals surface area contributed by atoms with Gasteiger partial charge in [-0.2, -0.15) is 8.42 Å².